The molecular formula is C25H26FN5O2S. The summed E-state index contributed by atoms with van der Waals surface area (Å²) < 4.78 is 21.2. The van der Waals surface area contributed by atoms with Crippen LogP contribution in [0.25, 0.3) is 10.2 Å². The summed E-state index contributed by atoms with van der Waals surface area (Å²) in [6.45, 7) is 3.16. The van der Waals surface area contributed by atoms with Crippen LogP contribution >= 0.6 is 11.3 Å². The zero-order valence-electron chi connectivity index (χ0n) is 18.9. The lowest BCUT2D eigenvalue weighted by molar-refractivity contribution is 0.0644. The van der Waals surface area contributed by atoms with Gasteiger partial charge in [-0.1, -0.05) is 0 Å². The molecule has 3 aromatic rings. The second-order valence-electron chi connectivity index (χ2n) is 9.94. The average molecular weight is 480 g/mol. The Bertz CT molecular complexity index is 1340. The number of benzene rings is 1. The number of rotatable bonds is 3. The maximum absolute atomic E-state index is 15.2. The highest BCUT2D eigenvalue weighted by Gasteiger charge is 2.54. The first kappa shape index (κ1) is 20.5. The summed E-state index contributed by atoms with van der Waals surface area (Å²) in [6, 6.07) is 8.38. The summed E-state index contributed by atoms with van der Waals surface area (Å²) in [7, 11) is 0. The van der Waals surface area contributed by atoms with Crippen LogP contribution in [0.5, 0.6) is 5.75 Å². The van der Waals surface area contributed by atoms with Crippen LogP contribution < -0.4 is 20.7 Å². The molecule has 4 atom stereocenters. The third kappa shape index (κ3) is 2.96. The summed E-state index contributed by atoms with van der Waals surface area (Å²) in [6.07, 6.45) is 4.49. The molecule has 6 heterocycles. The Kier molecular flexibility index (Phi) is 4.39. The molecule has 1 amide bonds. The molecule has 176 valence electrons. The van der Waals surface area contributed by atoms with Gasteiger partial charge >= 0.3 is 0 Å². The fourth-order valence-corrected chi connectivity index (χ4v) is 7.26. The molecule has 3 unspecified atom stereocenters. The highest BCUT2D eigenvalue weighted by atomic mass is 32.1. The maximum atomic E-state index is 15.2. The van der Waals surface area contributed by atoms with Crippen LogP contribution in [0.15, 0.2) is 24.3 Å². The van der Waals surface area contributed by atoms with E-state index in [0.717, 1.165) is 34.2 Å². The van der Waals surface area contributed by atoms with Gasteiger partial charge in [-0.2, -0.15) is 0 Å². The van der Waals surface area contributed by atoms with Gasteiger partial charge in [0, 0.05) is 53.4 Å². The van der Waals surface area contributed by atoms with Crippen LogP contribution in [0.2, 0.25) is 0 Å². The van der Waals surface area contributed by atoms with Crippen LogP contribution in [-0.2, 0) is 6.42 Å². The third-order valence-electron chi connectivity index (χ3n) is 7.91. The molecule has 34 heavy (non-hydrogen) atoms. The van der Waals surface area contributed by atoms with E-state index < -0.39 is 0 Å². The Morgan fingerprint density at radius 2 is 2.15 bits per heavy atom. The zero-order valence-corrected chi connectivity index (χ0v) is 19.7. The number of fused-ring (bicyclic) bond motifs is 2. The predicted molar refractivity (Wildman–Crippen MR) is 130 cm³/mol. The third-order valence-corrected chi connectivity index (χ3v) is 9.02. The fourth-order valence-electron chi connectivity index (χ4n) is 6.22. The molecule has 0 aliphatic carbocycles. The first-order valence-corrected chi connectivity index (χ1v) is 12.7. The van der Waals surface area contributed by atoms with Gasteiger partial charge in [0.15, 0.2) is 0 Å². The van der Waals surface area contributed by atoms with Crippen LogP contribution in [0.3, 0.4) is 0 Å². The first-order chi connectivity index (χ1) is 16.5. The van der Waals surface area contributed by atoms with Crippen molar-refractivity contribution < 1.29 is 13.9 Å². The Morgan fingerprint density at radius 1 is 1.29 bits per heavy atom. The van der Waals surface area contributed by atoms with Crippen molar-refractivity contribution in [2.45, 2.75) is 56.9 Å². The van der Waals surface area contributed by atoms with Crippen molar-refractivity contribution in [3.63, 3.8) is 0 Å². The van der Waals surface area contributed by atoms with Gasteiger partial charge in [-0.3, -0.25) is 9.69 Å². The first-order valence-electron chi connectivity index (χ1n) is 11.9. The standard InChI is InChI=1S/C25H26FN5O2S/c1-12-2-5-17-22(27)23(34-25(17)28-12)24(32)29-13-6-18-19(26)7-16(8-20(18)33-11-13)30-10-15-4-3-14-9-21(30)31(14)15/h2,5,7-8,13-15,21H,3-4,6,9-11,27H2,1H3,(H,29,32)/t13-,14?,15?,21?/m0/s1. The summed E-state index contributed by atoms with van der Waals surface area (Å²) >= 11 is 1.28. The van der Waals surface area contributed by atoms with Gasteiger partial charge in [0.25, 0.3) is 5.91 Å². The molecular weight excluding hydrogens is 453 g/mol. The van der Waals surface area contributed by atoms with Crippen LogP contribution in [-0.4, -0.2) is 53.2 Å². The second-order valence-corrected chi connectivity index (χ2v) is 10.9. The quantitative estimate of drug-likeness (QED) is 0.599. The molecule has 0 spiro atoms. The zero-order chi connectivity index (χ0) is 23.1. The largest absolute Gasteiger partial charge is 0.491 e. The number of carbonyl (C=O) groups is 1. The SMILES string of the molecule is Cc1ccc2c(N)c(C(=O)N[C@@H]3COc4cc(N5CC6CCC7CC5N76)cc(F)c4C3)sc2n1. The van der Waals surface area contributed by atoms with Crippen molar-refractivity contribution in [2.75, 3.05) is 23.8 Å². The lowest BCUT2D eigenvalue weighted by atomic mass is 9.98. The van der Waals surface area contributed by atoms with E-state index in [1.54, 1.807) is 6.07 Å². The molecule has 7 nitrogen and oxygen atoms in total. The van der Waals surface area contributed by atoms with Crippen molar-refractivity contribution in [3.05, 3.63) is 46.2 Å². The van der Waals surface area contributed by atoms with Gasteiger partial charge in [-0.25, -0.2) is 9.37 Å². The molecule has 3 N–H and O–H groups in total. The Labute approximate surface area is 200 Å². The van der Waals surface area contributed by atoms with Gasteiger partial charge in [0.05, 0.1) is 17.9 Å². The Hall–Kier alpha value is -2.91. The minimum Gasteiger partial charge on any atom is -0.491 e. The van der Waals surface area contributed by atoms with E-state index in [1.807, 2.05) is 25.1 Å². The molecule has 4 aliphatic rings. The summed E-state index contributed by atoms with van der Waals surface area (Å²) in [5.41, 5.74) is 8.96. The van der Waals surface area contributed by atoms with E-state index in [0.29, 0.717) is 47.1 Å². The van der Waals surface area contributed by atoms with Crippen molar-refractivity contribution in [3.8, 4) is 5.75 Å². The number of carbonyl (C=O) groups excluding carboxylic acids is 1. The molecule has 0 radical (unpaired) electrons. The van der Waals surface area contributed by atoms with Gasteiger partial charge in [-0.15, -0.1) is 11.3 Å². The van der Waals surface area contributed by atoms with E-state index in [9.17, 15) is 4.79 Å². The average Bonchev–Trinajstić information content (AvgIpc) is 3.38. The number of hydrogen-bond donors (Lipinski definition) is 2. The number of ether oxygens (including phenoxy) is 1. The van der Waals surface area contributed by atoms with Crippen molar-refractivity contribution in [1.82, 2.24) is 15.2 Å². The number of anilines is 2. The molecule has 0 bridgehead atoms. The number of amides is 1. The van der Waals surface area contributed by atoms with E-state index in [4.69, 9.17) is 10.5 Å². The monoisotopic (exact) mass is 479 g/mol. The highest BCUT2D eigenvalue weighted by molar-refractivity contribution is 7.21. The minimum absolute atomic E-state index is 0.268. The van der Waals surface area contributed by atoms with Crippen molar-refractivity contribution >= 4 is 38.8 Å². The number of hydrogen-bond acceptors (Lipinski definition) is 7. The number of aromatic nitrogens is 1. The number of pyridine rings is 1. The maximum Gasteiger partial charge on any atom is 0.263 e. The summed E-state index contributed by atoms with van der Waals surface area (Å²) in [5, 5.41) is 3.77. The number of aryl methyl sites for hydroxylation is 1. The van der Waals surface area contributed by atoms with Crippen molar-refractivity contribution in [2.24, 2.45) is 0 Å². The smallest absolute Gasteiger partial charge is 0.263 e. The molecule has 3 fully saturated rings. The van der Waals surface area contributed by atoms with Gasteiger partial charge in [0.2, 0.25) is 0 Å². The number of nitrogens with zero attached hydrogens (tertiary/aromatic N) is 3. The Morgan fingerprint density at radius 3 is 3.00 bits per heavy atom. The van der Waals surface area contributed by atoms with E-state index in [1.165, 1.54) is 30.6 Å². The molecule has 3 saturated heterocycles. The lowest BCUT2D eigenvalue weighted by Gasteiger charge is -2.45. The molecule has 9 heteroatoms. The fraction of sp³-hybridized carbons (Fsp3) is 0.440. The predicted octanol–water partition coefficient (Wildman–Crippen LogP) is 3.44. The second kappa shape index (κ2) is 7.29. The van der Waals surface area contributed by atoms with E-state index in [-0.39, 0.29) is 17.8 Å². The number of halogens is 1. The van der Waals surface area contributed by atoms with Gasteiger partial charge in [-0.05, 0) is 44.4 Å². The van der Waals surface area contributed by atoms with Gasteiger partial charge in [0.1, 0.15) is 27.9 Å². The number of thiophene rings is 1. The molecule has 0 saturated carbocycles. The summed E-state index contributed by atoms with van der Waals surface area (Å²) in [5.74, 6) is 0.0457. The van der Waals surface area contributed by atoms with Crippen LogP contribution in [0, 0.1) is 12.7 Å². The molecule has 1 aromatic carbocycles. The summed E-state index contributed by atoms with van der Waals surface area (Å²) in [4.78, 5) is 23.6. The molecule has 2 aromatic heterocycles. The lowest BCUT2D eigenvalue weighted by Crippen LogP contribution is -2.55. The normalized spacial score (nSPS) is 27.3. The van der Waals surface area contributed by atoms with E-state index in [2.05, 4.69) is 20.1 Å². The topological polar surface area (TPSA) is 83.7 Å². The Balaban J connectivity index is 1.09. The van der Waals surface area contributed by atoms with Crippen LogP contribution in [0.4, 0.5) is 15.8 Å². The molecule has 4 aliphatic heterocycles. The van der Waals surface area contributed by atoms with E-state index >= 15 is 4.39 Å². The molecule has 7 rings (SSSR count). The van der Waals surface area contributed by atoms with Crippen LogP contribution in [0.1, 0.15) is 40.2 Å². The number of nitrogens with one attached hydrogen (secondary N) is 1. The van der Waals surface area contributed by atoms with Crippen molar-refractivity contribution in [1.29, 1.82) is 0 Å². The number of nitrogens with two attached hydrogens (primary N) is 1. The highest BCUT2D eigenvalue weighted by Crippen LogP contribution is 2.48. The minimum atomic E-state index is -0.329. The van der Waals surface area contributed by atoms with Gasteiger partial charge < -0.3 is 20.7 Å². The number of nitrogen functional groups attached to an aromatic ring is 1.